The van der Waals surface area contributed by atoms with Crippen LogP contribution in [0, 0.1) is 5.41 Å². The number of para-hydroxylation sites is 2. The molecule has 0 aliphatic rings. The SMILES string of the molecule is CC(C)(C)C(=O)Oc1ccccc1-c1ccccc1O.[Cl-].[Cl-].[Cl-].[Ti+3]. The number of carbonyl (C=O) groups excluding carboxylic acids is 1. The normalized spacial score (nSPS) is 9.29. The van der Waals surface area contributed by atoms with Gasteiger partial charge >= 0.3 is 27.7 Å². The van der Waals surface area contributed by atoms with E-state index in [1.54, 1.807) is 51.1 Å². The molecule has 0 aromatic heterocycles. The van der Waals surface area contributed by atoms with Gasteiger partial charge in [0.25, 0.3) is 0 Å². The second-order valence-electron chi connectivity index (χ2n) is 5.65. The molecule has 0 bridgehead atoms. The molecule has 0 unspecified atom stereocenters. The molecule has 0 spiro atoms. The molecule has 0 atom stereocenters. The third kappa shape index (κ3) is 7.04. The molecule has 2 aromatic rings. The van der Waals surface area contributed by atoms with Gasteiger partial charge in [-0.1, -0.05) is 36.4 Å². The summed E-state index contributed by atoms with van der Waals surface area (Å²) in [5, 5.41) is 9.94. The van der Waals surface area contributed by atoms with Gasteiger partial charge in [-0.2, -0.15) is 0 Å². The van der Waals surface area contributed by atoms with Gasteiger partial charge < -0.3 is 47.1 Å². The molecule has 0 amide bonds. The molecular weight excluding hydrogens is 406 g/mol. The summed E-state index contributed by atoms with van der Waals surface area (Å²) >= 11 is 0. The Hall–Kier alpha value is -0.706. The summed E-state index contributed by atoms with van der Waals surface area (Å²) in [6.45, 7) is 5.41. The molecular formula is C17H18Cl3O3Ti. The third-order valence-electron chi connectivity index (χ3n) is 2.90. The summed E-state index contributed by atoms with van der Waals surface area (Å²) in [6, 6.07) is 14.2. The van der Waals surface area contributed by atoms with Crippen LogP contribution in [0.2, 0.25) is 0 Å². The summed E-state index contributed by atoms with van der Waals surface area (Å²) in [5.74, 6) is 0.307. The van der Waals surface area contributed by atoms with Crippen molar-refractivity contribution >= 4 is 5.97 Å². The molecule has 0 fully saturated rings. The van der Waals surface area contributed by atoms with Crippen molar-refractivity contribution in [1.82, 2.24) is 0 Å². The summed E-state index contributed by atoms with van der Waals surface area (Å²) in [7, 11) is 0. The number of hydrogen-bond donors (Lipinski definition) is 1. The Bertz CT molecular complexity index is 643. The van der Waals surface area contributed by atoms with Crippen LogP contribution in [0.25, 0.3) is 11.1 Å². The number of phenols is 1. The predicted molar refractivity (Wildman–Crippen MR) is 78.6 cm³/mol. The first-order valence-corrected chi connectivity index (χ1v) is 6.49. The fourth-order valence-electron chi connectivity index (χ4n) is 1.73. The molecule has 0 heterocycles. The Balaban J connectivity index is -0.00000110. The number of phenolic OH excluding ortho intramolecular Hbond substituents is 1. The third-order valence-corrected chi connectivity index (χ3v) is 2.90. The molecule has 1 radical (unpaired) electrons. The molecule has 129 valence electrons. The molecule has 2 aromatic carbocycles. The number of benzene rings is 2. The number of esters is 1. The van der Waals surface area contributed by atoms with Gasteiger partial charge in [-0.25, -0.2) is 0 Å². The zero-order valence-electron chi connectivity index (χ0n) is 13.5. The predicted octanol–water partition coefficient (Wildman–Crippen LogP) is -4.98. The van der Waals surface area contributed by atoms with Crippen LogP contribution in [-0.2, 0) is 26.5 Å². The zero-order chi connectivity index (χ0) is 14.8. The first kappa shape index (κ1) is 28.1. The van der Waals surface area contributed by atoms with E-state index in [0.29, 0.717) is 16.9 Å². The van der Waals surface area contributed by atoms with E-state index in [-0.39, 0.29) is 70.7 Å². The Morgan fingerprint density at radius 3 is 1.83 bits per heavy atom. The largest absolute Gasteiger partial charge is 3.00 e. The molecule has 0 aliphatic carbocycles. The standard InChI is InChI=1S/C17H18O3.3ClH.Ti/c1-17(2,3)16(19)20-15-11-7-5-9-13(15)12-8-4-6-10-14(12)18;;;;/h4-11,18H,1-3H3;3*1H;/q;;;;+3/p-3. The molecule has 0 aliphatic heterocycles. The van der Waals surface area contributed by atoms with Crippen LogP contribution in [0.5, 0.6) is 11.5 Å². The van der Waals surface area contributed by atoms with E-state index < -0.39 is 5.41 Å². The van der Waals surface area contributed by atoms with Gasteiger partial charge in [-0.3, -0.25) is 4.79 Å². The minimum Gasteiger partial charge on any atom is -1.00 e. The maximum Gasteiger partial charge on any atom is 3.00 e. The zero-order valence-corrected chi connectivity index (χ0v) is 17.3. The first-order chi connectivity index (χ1) is 9.39. The van der Waals surface area contributed by atoms with Gasteiger partial charge in [0.2, 0.25) is 0 Å². The molecule has 2 rings (SSSR count). The van der Waals surface area contributed by atoms with Crippen LogP contribution in [-0.4, -0.2) is 11.1 Å². The quantitative estimate of drug-likeness (QED) is 0.299. The molecule has 0 saturated heterocycles. The van der Waals surface area contributed by atoms with Crippen molar-refractivity contribution in [2.45, 2.75) is 20.8 Å². The van der Waals surface area contributed by atoms with Gasteiger partial charge in [-0.15, -0.1) is 0 Å². The van der Waals surface area contributed by atoms with Crippen LogP contribution >= 0.6 is 0 Å². The molecule has 3 nitrogen and oxygen atoms in total. The van der Waals surface area contributed by atoms with Crippen molar-refractivity contribution in [2.75, 3.05) is 0 Å². The van der Waals surface area contributed by atoms with Crippen molar-refractivity contribution in [3.63, 3.8) is 0 Å². The number of hydrogen-bond acceptors (Lipinski definition) is 3. The van der Waals surface area contributed by atoms with E-state index >= 15 is 0 Å². The fraction of sp³-hybridized carbons (Fsp3) is 0.235. The smallest absolute Gasteiger partial charge is 1.00 e. The van der Waals surface area contributed by atoms with E-state index in [4.69, 9.17) is 4.74 Å². The minimum atomic E-state index is -0.578. The minimum absolute atomic E-state index is 0. The fourth-order valence-corrected chi connectivity index (χ4v) is 1.73. The van der Waals surface area contributed by atoms with Crippen LogP contribution in [0.4, 0.5) is 0 Å². The molecule has 0 saturated carbocycles. The second-order valence-corrected chi connectivity index (χ2v) is 5.65. The summed E-state index contributed by atoms with van der Waals surface area (Å²) in [5.41, 5.74) is 0.763. The van der Waals surface area contributed by atoms with Gasteiger partial charge in [-0.05, 0) is 32.9 Å². The Labute approximate surface area is 176 Å². The topological polar surface area (TPSA) is 46.5 Å². The van der Waals surface area contributed by atoms with Crippen molar-refractivity contribution in [3.05, 3.63) is 48.5 Å². The van der Waals surface area contributed by atoms with Gasteiger partial charge in [0.05, 0.1) is 5.41 Å². The monoisotopic (exact) mass is 423 g/mol. The Morgan fingerprint density at radius 2 is 1.33 bits per heavy atom. The van der Waals surface area contributed by atoms with Crippen molar-refractivity contribution < 1.29 is 73.6 Å². The van der Waals surface area contributed by atoms with Crippen molar-refractivity contribution in [2.24, 2.45) is 5.41 Å². The van der Waals surface area contributed by atoms with Crippen LogP contribution in [0.3, 0.4) is 0 Å². The number of halogens is 3. The van der Waals surface area contributed by atoms with Crippen molar-refractivity contribution in [1.29, 1.82) is 0 Å². The van der Waals surface area contributed by atoms with Gasteiger partial charge in [0, 0.05) is 11.1 Å². The van der Waals surface area contributed by atoms with Crippen LogP contribution in [0.15, 0.2) is 48.5 Å². The molecule has 1 N–H and O–H groups in total. The molecule has 24 heavy (non-hydrogen) atoms. The van der Waals surface area contributed by atoms with E-state index in [1.165, 1.54) is 0 Å². The van der Waals surface area contributed by atoms with Crippen molar-refractivity contribution in [3.8, 4) is 22.6 Å². The number of ether oxygens (including phenoxy) is 1. The first-order valence-electron chi connectivity index (χ1n) is 6.49. The number of aromatic hydroxyl groups is 1. The number of carbonyl (C=O) groups is 1. The van der Waals surface area contributed by atoms with E-state index in [1.807, 2.05) is 18.2 Å². The van der Waals surface area contributed by atoms with Gasteiger partial charge in [0.1, 0.15) is 11.5 Å². The Morgan fingerprint density at radius 1 is 0.875 bits per heavy atom. The Kier molecular flexibility index (Phi) is 13.8. The van der Waals surface area contributed by atoms with Crippen LogP contribution in [0.1, 0.15) is 20.8 Å². The average Bonchev–Trinajstić information content (AvgIpc) is 2.39. The summed E-state index contributed by atoms with van der Waals surface area (Å²) in [4.78, 5) is 12.0. The maximum atomic E-state index is 12.0. The van der Waals surface area contributed by atoms with E-state index in [9.17, 15) is 9.90 Å². The number of rotatable bonds is 2. The van der Waals surface area contributed by atoms with E-state index in [0.717, 1.165) is 0 Å². The van der Waals surface area contributed by atoms with E-state index in [2.05, 4.69) is 0 Å². The summed E-state index contributed by atoms with van der Waals surface area (Å²) in [6.07, 6.45) is 0. The summed E-state index contributed by atoms with van der Waals surface area (Å²) < 4.78 is 5.47. The maximum absolute atomic E-state index is 12.0. The second kappa shape index (κ2) is 11.8. The molecule has 7 heteroatoms. The van der Waals surface area contributed by atoms with Crippen LogP contribution < -0.4 is 42.0 Å². The van der Waals surface area contributed by atoms with Gasteiger partial charge in [0.15, 0.2) is 0 Å². The average molecular weight is 425 g/mol.